The lowest BCUT2D eigenvalue weighted by Crippen LogP contribution is -2.15. The normalized spacial score (nSPS) is 10.6. The molecule has 2 heterocycles. The molecule has 2 aromatic heterocycles. The second kappa shape index (κ2) is 2.69. The third kappa shape index (κ3) is 1.00. The molecule has 1 amide bonds. The molecule has 3 N–H and O–H groups in total. The third-order valence-electron chi connectivity index (χ3n) is 1.92. The van der Waals surface area contributed by atoms with E-state index in [1.54, 1.807) is 6.92 Å². The second-order valence-electron chi connectivity index (χ2n) is 2.81. The molecule has 0 unspecified atom stereocenters. The summed E-state index contributed by atoms with van der Waals surface area (Å²) in [4.78, 5) is 28.5. The summed E-state index contributed by atoms with van der Waals surface area (Å²) in [6.07, 6.45) is 1.21. The number of aryl methyl sites for hydroxylation is 1. The minimum absolute atomic E-state index is 0.0920. The van der Waals surface area contributed by atoms with Crippen molar-refractivity contribution in [2.24, 2.45) is 5.73 Å². The molecule has 6 nitrogen and oxygen atoms in total. The van der Waals surface area contributed by atoms with Gasteiger partial charge < -0.3 is 15.1 Å². The minimum Gasteiger partial charge on any atom is -0.442 e. The molecule has 2 aromatic rings. The molecule has 0 fully saturated rings. The van der Waals surface area contributed by atoms with Crippen molar-refractivity contribution >= 4 is 17.0 Å². The average Bonchev–Trinajstić information content (AvgIpc) is 2.42. The molecule has 0 saturated heterocycles. The van der Waals surface area contributed by atoms with Gasteiger partial charge in [-0.3, -0.25) is 9.59 Å². The Kier molecular flexibility index (Phi) is 1.63. The number of nitrogens with zero attached hydrogens (tertiary/aromatic N) is 1. The van der Waals surface area contributed by atoms with Gasteiger partial charge in [0.25, 0.3) is 11.5 Å². The van der Waals surface area contributed by atoms with Crippen molar-refractivity contribution < 1.29 is 9.21 Å². The molecule has 0 aliphatic carbocycles. The van der Waals surface area contributed by atoms with E-state index >= 15 is 0 Å². The summed E-state index contributed by atoms with van der Waals surface area (Å²) in [6, 6.07) is 0. The molecule has 0 spiro atoms. The number of nitrogens with two attached hydrogens (primary N) is 1. The first-order valence-corrected chi connectivity index (χ1v) is 3.88. The van der Waals surface area contributed by atoms with Gasteiger partial charge in [-0.15, -0.1) is 0 Å². The fourth-order valence-electron chi connectivity index (χ4n) is 1.35. The van der Waals surface area contributed by atoms with E-state index in [2.05, 4.69) is 9.97 Å². The van der Waals surface area contributed by atoms with Crippen molar-refractivity contribution in [2.75, 3.05) is 0 Å². The molecular formula is C8H7N3O3. The van der Waals surface area contributed by atoms with Gasteiger partial charge in [-0.25, -0.2) is 4.98 Å². The highest BCUT2D eigenvalue weighted by molar-refractivity contribution is 6.05. The Morgan fingerprint density at radius 1 is 1.64 bits per heavy atom. The third-order valence-corrected chi connectivity index (χ3v) is 1.92. The Balaban J connectivity index is 3.01. The highest BCUT2D eigenvalue weighted by atomic mass is 16.3. The number of hydrogen-bond donors (Lipinski definition) is 2. The van der Waals surface area contributed by atoms with Gasteiger partial charge in [0.1, 0.15) is 11.1 Å². The summed E-state index contributed by atoms with van der Waals surface area (Å²) in [5, 5.41) is 0.109. The highest BCUT2D eigenvalue weighted by Crippen LogP contribution is 2.19. The van der Waals surface area contributed by atoms with Gasteiger partial charge >= 0.3 is 0 Å². The largest absolute Gasteiger partial charge is 0.442 e. The van der Waals surface area contributed by atoms with Crippen LogP contribution in [0.25, 0.3) is 11.1 Å². The maximum absolute atomic E-state index is 11.4. The fourth-order valence-corrected chi connectivity index (χ4v) is 1.35. The van der Waals surface area contributed by atoms with E-state index in [0.717, 1.165) is 0 Å². The first-order chi connectivity index (χ1) is 6.61. The van der Waals surface area contributed by atoms with E-state index in [0.29, 0.717) is 5.76 Å². The SMILES string of the molecule is Cc1oc2nc[nH]c(=O)c2c1C(N)=O. The molecule has 0 aromatic carbocycles. The summed E-state index contributed by atoms with van der Waals surface area (Å²) in [5.74, 6) is -0.392. The number of hydrogen-bond acceptors (Lipinski definition) is 4. The molecule has 6 heteroatoms. The van der Waals surface area contributed by atoms with Crippen LogP contribution in [-0.4, -0.2) is 15.9 Å². The Bertz CT molecular complexity index is 567. The number of carbonyl (C=O) groups is 1. The topological polar surface area (TPSA) is 102 Å². The van der Waals surface area contributed by atoms with Crippen LogP contribution in [0.4, 0.5) is 0 Å². The van der Waals surface area contributed by atoms with Crippen LogP contribution in [0.3, 0.4) is 0 Å². The molecule has 0 saturated carbocycles. The highest BCUT2D eigenvalue weighted by Gasteiger charge is 2.18. The summed E-state index contributed by atoms with van der Waals surface area (Å²) in [5.41, 5.74) is 4.90. The molecular weight excluding hydrogens is 186 g/mol. The van der Waals surface area contributed by atoms with E-state index in [1.165, 1.54) is 6.33 Å². The molecule has 0 aliphatic heterocycles. The number of rotatable bonds is 1. The van der Waals surface area contributed by atoms with E-state index in [-0.39, 0.29) is 16.7 Å². The van der Waals surface area contributed by atoms with Gasteiger partial charge in [0.05, 0.1) is 11.9 Å². The fraction of sp³-hybridized carbons (Fsp3) is 0.125. The number of carbonyl (C=O) groups excluding carboxylic acids is 1. The van der Waals surface area contributed by atoms with E-state index in [1.807, 2.05) is 0 Å². The van der Waals surface area contributed by atoms with Crippen molar-refractivity contribution in [1.29, 1.82) is 0 Å². The van der Waals surface area contributed by atoms with E-state index in [9.17, 15) is 9.59 Å². The predicted molar refractivity (Wildman–Crippen MR) is 47.9 cm³/mol. The summed E-state index contributed by atoms with van der Waals surface area (Å²) < 4.78 is 5.11. The number of aromatic nitrogens is 2. The van der Waals surface area contributed by atoms with Gasteiger partial charge in [0, 0.05) is 0 Å². The molecule has 14 heavy (non-hydrogen) atoms. The summed E-state index contributed by atoms with van der Waals surface area (Å²) in [7, 11) is 0. The molecule has 2 rings (SSSR count). The van der Waals surface area contributed by atoms with Crippen molar-refractivity contribution in [3.63, 3.8) is 0 Å². The number of H-pyrrole nitrogens is 1. The monoisotopic (exact) mass is 193 g/mol. The van der Waals surface area contributed by atoms with Crippen LogP contribution in [0.15, 0.2) is 15.5 Å². The number of primary amides is 1. The lowest BCUT2D eigenvalue weighted by Gasteiger charge is -1.89. The minimum atomic E-state index is -0.695. The number of aromatic amines is 1. The standard InChI is InChI=1S/C8H7N3O3/c1-3-4(6(9)12)5-7(13)10-2-11-8(5)14-3/h2H,1H3,(H2,9,12)(H,10,11,13). The predicted octanol–water partition coefficient (Wildman–Crippen LogP) is -0.0766. The second-order valence-corrected chi connectivity index (χ2v) is 2.81. The van der Waals surface area contributed by atoms with Crippen LogP contribution >= 0.6 is 0 Å². The molecule has 72 valence electrons. The Morgan fingerprint density at radius 3 is 3.00 bits per heavy atom. The van der Waals surface area contributed by atoms with E-state index in [4.69, 9.17) is 10.2 Å². The van der Waals surface area contributed by atoms with Crippen LogP contribution in [0.1, 0.15) is 16.1 Å². The van der Waals surface area contributed by atoms with Crippen LogP contribution < -0.4 is 11.3 Å². The first-order valence-electron chi connectivity index (χ1n) is 3.88. The summed E-state index contributed by atoms with van der Waals surface area (Å²) in [6.45, 7) is 1.56. The molecule has 0 aliphatic rings. The average molecular weight is 193 g/mol. The van der Waals surface area contributed by atoms with Gasteiger partial charge in [0.15, 0.2) is 0 Å². The van der Waals surface area contributed by atoms with Gasteiger partial charge in [0.2, 0.25) is 5.71 Å². The van der Waals surface area contributed by atoms with Crippen molar-refractivity contribution in [3.05, 3.63) is 28.0 Å². The lowest BCUT2D eigenvalue weighted by molar-refractivity contribution is 0.1000. The molecule has 0 bridgehead atoms. The Morgan fingerprint density at radius 2 is 2.36 bits per heavy atom. The van der Waals surface area contributed by atoms with Crippen molar-refractivity contribution in [2.45, 2.75) is 6.92 Å². The Hall–Kier alpha value is -2.11. The van der Waals surface area contributed by atoms with Crippen LogP contribution in [0.5, 0.6) is 0 Å². The lowest BCUT2D eigenvalue weighted by atomic mass is 10.2. The van der Waals surface area contributed by atoms with Crippen LogP contribution in [-0.2, 0) is 0 Å². The first kappa shape index (κ1) is 8.49. The number of fused-ring (bicyclic) bond motifs is 1. The zero-order valence-electron chi connectivity index (χ0n) is 7.33. The smallest absolute Gasteiger partial charge is 0.262 e. The summed E-state index contributed by atoms with van der Waals surface area (Å²) >= 11 is 0. The maximum Gasteiger partial charge on any atom is 0.262 e. The Labute approximate surface area is 77.7 Å². The van der Waals surface area contributed by atoms with Gasteiger partial charge in [-0.05, 0) is 6.92 Å². The quantitative estimate of drug-likeness (QED) is 0.661. The van der Waals surface area contributed by atoms with Crippen molar-refractivity contribution in [1.82, 2.24) is 9.97 Å². The van der Waals surface area contributed by atoms with E-state index < -0.39 is 11.5 Å². The van der Waals surface area contributed by atoms with Gasteiger partial charge in [-0.1, -0.05) is 0 Å². The molecule has 0 radical (unpaired) electrons. The van der Waals surface area contributed by atoms with Crippen LogP contribution in [0.2, 0.25) is 0 Å². The zero-order valence-corrected chi connectivity index (χ0v) is 7.33. The number of nitrogens with one attached hydrogen (secondary N) is 1. The number of furan rings is 1. The molecule has 0 atom stereocenters. The van der Waals surface area contributed by atoms with Gasteiger partial charge in [-0.2, -0.15) is 0 Å². The maximum atomic E-state index is 11.4. The number of amides is 1. The van der Waals surface area contributed by atoms with Crippen LogP contribution in [0, 0.1) is 6.92 Å². The van der Waals surface area contributed by atoms with Crippen molar-refractivity contribution in [3.8, 4) is 0 Å². The zero-order chi connectivity index (χ0) is 10.3.